The summed E-state index contributed by atoms with van der Waals surface area (Å²) in [5.41, 5.74) is 6.28. The summed E-state index contributed by atoms with van der Waals surface area (Å²) in [6.07, 6.45) is 3.24. The monoisotopic (exact) mass is 215 g/mol. The van der Waals surface area contributed by atoms with E-state index in [0.717, 1.165) is 18.5 Å². The third-order valence-corrected chi connectivity index (χ3v) is 2.46. The summed E-state index contributed by atoms with van der Waals surface area (Å²) in [4.78, 5) is 17.0. The van der Waals surface area contributed by atoms with Gasteiger partial charge in [-0.1, -0.05) is 11.8 Å². The Balaban J connectivity index is 1.95. The number of carbonyl (C=O) groups is 1. The van der Waals surface area contributed by atoms with Crippen LogP contribution < -0.4 is 5.73 Å². The molecule has 2 N–H and O–H groups in total. The van der Waals surface area contributed by atoms with Gasteiger partial charge >= 0.3 is 0 Å². The summed E-state index contributed by atoms with van der Waals surface area (Å²) in [6.45, 7) is 1.33. The van der Waals surface area contributed by atoms with Crippen LogP contribution in [-0.2, 0) is 4.79 Å². The molecule has 1 aliphatic rings. The van der Waals surface area contributed by atoms with Gasteiger partial charge in [-0.3, -0.25) is 4.79 Å². The third kappa shape index (κ3) is 2.51. The van der Waals surface area contributed by atoms with Crippen LogP contribution in [0.25, 0.3) is 0 Å². The number of anilines is 1. The first-order valence-electron chi connectivity index (χ1n) is 5.24. The van der Waals surface area contributed by atoms with E-state index in [-0.39, 0.29) is 5.91 Å². The van der Waals surface area contributed by atoms with Gasteiger partial charge in [0.25, 0.3) is 0 Å². The first-order chi connectivity index (χ1) is 7.75. The van der Waals surface area contributed by atoms with E-state index in [1.807, 2.05) is 6.07 Å². The van der Waals surface area contributed by atoms with Crippen molar-refractivity contribution < 1.29 is 4.79 Å². The zero-order chi connectivity index (χ0) is 11.4. The number of nitrogens with zero attached hydrogens (tertiary/aromatic N) is 2. The number of aromatic nitrogens is 1. The van der Waals surface area contributed by atoms with Crippen LogP contribution in [0, 0.1) is 11.8 Å². The Morgan fingerprint density at radius 2 is 2.38 bits per heavy atom. The molecule has 1 aromatic heterocycles. The van der Waals surface area contributed by atoms with Crippen LogP contribution in [0.2, 0.25) is 0 Å². The molecule has 2 heterocycles. The van der Waals surface area contributed by atoms with Gasteiger partial charge in [0.2, 0.25) is 5.91 Å². The fraction of sp³-hybridized carbons (Fsp3) is 0.333. The fourth-order valence-electron chi connectivity index (χ4n) is 1.59. The SMILES string of the molecule is Nc1ccc(C#CCN2CCCC2=O)cn1. The number of likely N-dealkylation sites (tertiary alicyclic amines) is 1. The summed E-state index contributed by atoms with van der Waals surface area (Å²) < 4.78 is 0. The second-order valence-corrected chi connectivity index (χ2v) is 3.69. The molecule has 0 atom stereocenters. The van der Waals surface area contributed by atoms with Gasteiger partial charge in [-0.15, -0.1) is 0 Å². The predicted molar refractivity (Wildman–Crippen MR) is 61.3 cm³/mol. The van der Waals surface area contributed by atoms with Crippen molar-refractivity contribution in [3.8, 4) is 11.8 Å². The lowest BCUT2D eigenvalue weighted by Crippen LogP contribution is -2.24. The highest BCUT2D eigenvalue weighted by Gasteiger charge is 2.18. The maximum absolute atomic E-state index is 11.3. The zero-order valence-corrected chi connectivity index (χ0v) is 8.94. The van der Waals surface area contributed by atoms with Gasteiger partial charge in [0.05, 0.1) is 6.54 Å². The maximum Gasteiger partial charge on any atom is 0.223 e. The molecule has 0 radical (unpaired) electrons. The van der Waals surface area contributed by atoms with Crippen molar-refractivity contribution in [1.29, 1.82) is 0 Å². The van der Waals surface area contributed by atoms with Crippen LogP contribution in [0.4, 0.5) is 5.82 Å². The maximum atomic E-state index is 11.3. The topological polar surface area (TPSA) is 59.2 Å². The van der Waals surface area contributed by atoms with Gasteiger partial charge in [-0.25, -0.2) is 4.98 Å². The van der Waals surface area contributed by atoms with Crippen molar-refractivity contribution in [3.63, 3.8) is 0 Å². The Hall–Kier alpha value is -2.02. The van der Waals surface area contributed by atoms with Crippen molar-refractivity contribution in [3.05, 3.63) is 23.9 Å². The normalized spacial score (nSPS) is 14.8. The number of amides is 1. The molecule has 1 saturated heterocycles. The number of carbonyl (C=O) groups excluding carboxylic acids is 1. The van der Waals surface area contributed by atoms with Crippen LogP contribution in [0.15, 0.2) is 18.3 Å². The number of hydrogen-bond acceptors (Lipinski definition) is 3. The van der Waals surface area contributed by atoms with E-state index in [2.05, 4.69) is 16.8 Å². The van der Waals surface area contributed by atoms with Gasteiger partial charge < -0.3 is 10.6 Å². The Kier molecular flexibility index (Phi) is 3.06. The molecule has 0 spiro atoms. The highest BCUT2D eigenvalue weighted by Crippen LogP contribution is 2.08. The minimum atomic E-state index is 0.199. The van der Waals surface area contributed by atoms with Gasteiger partial charge in [0.15, 0.2) is 0 Å². The second kappa shape index (κ2) is 4.67. The van der Waals surface area contributed by atoms with Gasteiger partial charge in [0.1, 0.15) is 5.82 Å². The van der Waals surface area contributed by atoms with Crippen LogP contribution >= 0.6 is 0 Å². The minimum absolute atomic E-state index is 0.199. The summed E-state index contributed by atoms with van der Waals surface area (Å²) in [7, 11) is 0. The molecule has 0 aliphatic carbocycles. The molecule has 1 aliphatic heterocycles. The van der Waals surface area contributed by atoms with Gasteiger partial charge in [-0.2, -0.15) is 0 Å². The molecule has 1 amide bonds. The molecule has 1 aromatic rings. The van der Waals surface area contributed by atoms with Crippen molar-refractivity contribution >= 4 is 11.7 Å². The third-order valence-electron chi connectivity index (χ3n) is 2.46. The lowest BCUT2D eigenvalue weighted by molar-refractivity contribution is -0.127. The molecule has 0 bridgehead atoms. The highest BCUT2D eigenvalue weighted by atomic mass is 16.2. The van der Waals surface area contributed by atoms with Crippen LogP contribution in [-0.4, -0.2) is 28.9 Å². The molecular formula is C12H13N3O. The standard InChI is InChI=1S/C12H13N3O/c13-11-6-5-10(9-14-11)3-1-7-15-8-2-4-12(15)16/h5-6,9H,2,4,7-8H2,(H2,13,14). The first-order valence-corrected chi connectivity index (χ1v) is 5.24. The van der Waals surface area contributed by atoms with Crippen LogP contribution in [0.3, 0.4) is 0 Å². The Labute approximate surface area is 94.5 Å². The van der Waals surface area contributed by atoms with E-state index in [9.17, 15) is 4.79 Å². The number of nitrogens with two attached hydrogens (primary N) is 1. The van der Waals surface area contributed by atoms with Crippen molar-refractivity contribution in [2.75, 3.05) is 18.8 Å². The molecule has 4 nitrogen and oxygen atoms in total. The Bertz CT molecular complexity index is 442. The molecule has 0 saturated carbocycles. The lowest BCUT2D eigenvalue weighted by Gasteiger charge is -2.09. The smallest absolute Gasteiger partial charge is 0.223 e. The van der Waals surface area contributed by atoms with Crippen LogP contribution in [0.1, 0.15) is 18.4 Å². The number of hydrogen-bond donors (Lipinski definition) is 1. The van der Waals surface area contributed by atoms with Crippen molar-refractivity contribution in [2.24, 2.45) is 0 Å². The molecule has 1 fully saturated rings. The largest absolute Gasteiger partial charge is 0.384 e. The summed E-state index contributed by atoms with van der Waals surface area (Å²) in [5.74, 6) is 6.61. The Morgan fingerprint density at radius 3 is 3.00 bits per heavy atom. The number of pyridine rings is 1. The van der Waals surface area contributed by atoms with E-state index >= 15 is 0 Å². The molecular weight excluding hydrogens is 202 g/mol. The van der Waals surface area contributed by atoms with Gasteiger partial charge in [0, 0.05) is 24.7 Å². The quantitative estimate of drug-likeness (QED) is 0.699. The summed E-state index contributed by atoms with van der Waals surface area (Å²) >= 11 is 0. The van der Waals surface area contributed by atoms with E-state index in [1.54, 1.807) is 17.2 Å². The van der Waals surface area contributed by atoms with Gasteiger partial charge in [-0.05, 0) is 18.6 Å². The van der Waals surface area contributed by atoms with Crippen LogP contribution in [0.5, 0.6) is 0 Å². The van der Waals surface area contributed by atoms with E-state index < -0.39 is 0 Å². The van der Waals surface area contributed by atoms with Crippen molar-refractivity contribution in [2.45, 2.75) is 12.8 Å². The van der Waals surface area contributed by atoms with Crippen molar-refractivity contribution in [1.82, 2.24) is 9.88 Å². The zero-order valence-electron chi connectivity index (χ0n) is 8.94. The molecule has 2 rings (SSSR count). The fourth-order valence-corrected chi connectivity index (χ4v) is 1.59. The molecule has 16 heavy (non-hydrogen) atoms. The molecule has 0 aromatic carbocycles. The molecule has 4 heteroatoms. The Morgan fingerprint density at radius 1 is 1.50 bits per heavy atom. The summed E-state index contributed by atoms with van der Waals surface area (Å²) in [6, 6.07) is 3.53. The molecule has 0 unspecified atom stereocenters. The summed E-state index contributed by atoms with van der Waals surface area (Å²) in [5, 5.41) is 0. The number of nitrogen functional groups attached to an aromatic ring is 1. The number of rotatable bonds is 1. The molecule has 82 valence electrons. The highest BCUT2D eigenvalue weighted by molar-refractivity contribution is 5.78. The predicted octanol–water partition coefficient (Wildman–Crippen LogP) is 0.638. The second-order valence-electron chi connectivity index (χ2n) is 3.69. The minimum Gasteiger partial charge on any atom is -0.384 e. The van der Waals surface area contributed by atoms with E-state index in [4.69, 9.17) is 5.73 Å². The average molecular weight is 215 g/mol. The lowest BCUT2D eigenvalue weighted by atomic mass is 10.3. The average Bonchev–Trinajstić information content (AvgIpc) is 2.68. The van der Waals surface area contributed by atoms with E-state index in [1.165, 1.54) is 0 Å². The first kappa shape index (κ1) is 10.5. The van der Waals surface area contributed by atoms with E-state index in [0.29, 0.717) is 18.8 Å².